The van der Waals surface area contributed by atoms with Gasteiger partial charge in [0.2, 0.25) is 10.0 Å². The van der Waals surface area contributed by atoms with E-state index in [1.807, 2.05) is 72.8 Å². The van der Waals surface area contributed by atoms with Gasteiger partial charge in [-0.2, -0.15) is 0 Å². The molecular weight excluding hydrogens is 871 g/mol. The molecule has 2 aliphatic rings. The smallest absolute Gasteiger partial charge is 0.242 e. The molecule has 2 saturated heterocycles. The standard InChI is InChI=1S/C23H22Cl3N3O3S.C18H19Cl3N2O/c24-16-3-6-18(7-4-16)29-14-19(9-11-28-33(30,31)20-2-1-10-27-13-20)32-15-23(29)21-8-5-17(25)12-22(21)26;19-12-1-4-14(5-2-12)23-10-15(7-8-22)24-11-18(23)16-6-3-13(20)9-17(16)21/h1-8,10,12-13,19,23,28H,9,11,14-15H2;1-6,9,15,18H,7-8,10-11,22H2. The summed E-state index contributed by atoms with van der Waals surface area (Å²) in [4.78, 5) is 8.51. The molecule has 0 bridgehead atoms. The first-order chi connectivity index (χ1) is 27.4. The molecule has 0 saturated carbocycles. The lowest BCUT2D eigenvalue weighted by Gasteiger charge is -2.42. The van der Waals surface area contributed by atoms with Crippen molar-refractivity contribution in [3.05, 3.63) is 151 Å². The van der Waals surface area contributed by atoms with Crippen LogP contribution in [0.5, 0.6) is 0 Å². The minimum absolute atomic E-state index is 0.0185. The van der Waals surface area contributed by atoms with Gasteiger partial charge < -0.3 is 25.0 Å². The predicted molar refractivity (Wildman–Crippen MR) is 233 cm³/mol. The van der Waals surface area contributed by atoms with Crippen LogP contribution in [0.2, 0.25) is 30.1 Å². The Hall–Kier alpha value is -2.84. The number of aromatic nitrogens is 1. The third kappa shape index (κ3) is 11.7. The molecule has 3 heterocycles. The van der Waals surface area contributed by atoms with Gasteiger partial charge in [0, 0.05) is 73.5 Å². The molecule has 0 aliphatic carbocycles. The fraction of sp³-hybridized carbons (Fsp3) is 0.293. The van der Waals surface area contributed by atoms with Crippen molar-refractivity contribution >= 4 is 91.0 Å². The van der Waals surface area contributed by atoms with Crippen molar-refractivity contribution in [2.45, 2.75) is 42.0 Å². The fourth-order valence-electron chi connectivity index (χ4n) is 6.81. The van der Waals surface area contributed by atoms with E-state index in [1.165, 1.54) is 18.5 Å². The Morgan fingerprint density at radius 1 is 0.667 bits per heavy atom. The molecule has 7 rings (SSSR count). The quantitative estimate of drug-likeness (QED) is 0.135. The molecule has 0 radical (unpaired) electrons. The van der Waals surface area contributed by atoms with Crippen LogP contribution in [0, 0.1) is 0 Å². The number of morpholine rings is 2. The highest BCUT2D eigenvalue weighted by Gasteiger charge is 2.33. The summed E-state index contributed by atoms with van der Waals surface area (Å²) >= 11 is 37.2. The summed E-state index contributed by atoms with van der Waals surface area (Å²) in [7, 11) is -3.62. The zero-order valence-electron chi connectivity index (χ0n) is 30.6. The van der Waals surface area contributed by atoms with Gasteiger partial charge in [-0.25, -0.2) is 13.1 Å². The van der Waals surface area contributed by atoms with E-state index in [2.05, 4.69) is 19.5 Å². The molecule has 57 heavy (non-hydrogen) atoms. The maximum Gasteiger partial charge on any atom is 0.242 e. The SMILES string of the molecule is NCCC1CN(c2ccc(Cl)cc2)C(c2ccc(Cl)cc2Cl)CO1.O=S(=O)(NCCC1CN(c2ccc(Cl)cc2)C(c2ccc(Cl)cc2Cl)CO1)c1cccnc1. The highest BCUT2D eigenvalue weighted by atomic mass is 35.5. The lowest BCUT2D eigenvalue weighted by Crippen LogP contribution is -2.46. The first-order valence-corrected chi connectivity index (χ1v) is 21.9. The van der Waals surface area contributed by atoms with Crippen molar-refractivity contribution < 1.29 is 17.9 Å². The maximum atomic E-state index is 12.5. The van der Waals surface area contributed by atoms with Gasteiger partial charge in [0.1, 0.15) is 4.90 Å². The van der Waals surface area contributed by atoms with Crippen molar-refractivity contribution in [3.8, 4) is 0 Å². The second-order valence-corrected chi connectivity index (χ2v) is 17.8. The molecule has 4 atom stereocenters. The van der Waals surface area contributed by atoms with Crippen LogP contribution in [0.3, 0.4) is 0 Å². The predicted octanol–water partition coefficient (Wildman–Crippen LogP) is 10.3. The van der Waals surface area contributed by atoms with Crippen molar-refractivity contribution in [2.75, 3.05) is 49.2 Å². The minimum Gasteiger partial charge on any atom is -0.374 e. The molecule has 1 aromatic heterocycles. The molecule has 16 heteroatoms. The number of halogens is 6. The van der Waals surface area contributed by atoms with Crippen molar-refractivity contribution in [3.63, 3.8) is 0 Å². The molecule has 4 unspecified atom stereocenters. The lowest BCUT2D eigenvalue weighted by molar-refractivity contribution is 0.0150. The Bertz CT molecular complexity index is 2190. The monoisotopic (exact) mass is 909 g/mol. The summed E-state index contributed by atoms with van der Waals surface area (Å²) in [5, 5.41) is 3.77. The summed E-state index contributed by atoms with van der Waals surface area (Å²) in [6.07, 6.45) is 4.11. The van der Waals surface area contributed by atoms with E-state index >= 15 is 0 Å². The highest BCUT2D eigenvalue weighted by Crippen LogP contribution is 2.38. The summed E-state index contributed by atoms with van der Waals surface area (Å²) in [6.45, 7) is 3.09. The average molecular weight is 913 g/mol. The van der Waals surface area contributed by atoms with Gasteiger partial charge in [-0.05, 0) is 115 Å². The first-order valence-electron chi connectivity index (χ1n) is 18.2. The van der Waals surface area contributed by atoms with E-state index in [0.717, 1.165) is 35.5 Å². The van der Waals surface area contributed by atoms with E-state index in [0.29, 0.717) is 62.9 Å². The first kappa shape index (κ1) is 43.7. The van der Waals surface area contributed by atoms with E-state index < -0.39 is 10.0 Å². The van der Waals surface area contributed by atoms with E-state index in [9.17, 15) is 8.42 Å². The Morgan fingerprint density at radius 3 is 1.58 bits per heavy atom. The Balaban J connectivity index is 0.000000203. The molecule has 2 fully saturated rings. The van der Waals surface area contributed by atoms with Crippen LogP contribution in [0.25, 0.3) is 0 Å². The van der Waals surface area contributed by atoms with Gasteiger partial charge >= 0.3 is 0 Å². The fourth-order valence-corrected chi connectivity index (χ4v) is 9.14. The Kier molecular flexibility index (Phi) is 15.7. The van der Waals surface area contributed by atoms with Crippen LogP contribution >= 0.6 is 69.6 Å². The van der Waals surface area contributed by atoms with Gasteiger partial charge in [-0.3, -0.25) is 4.98 Å². The number of benzene rings is 4. The Morgan fingerprint density at radius 2 is 1.14 bits per heavy atom. The van der Waals surface area contributed by atoms with Gasteiger partial charge in [-0.15, -0.1) is 0 Å². The summed E-state index contributed by atoms with van der Waals surface area (Å²) in [5.41, 5.74) is 9.67. The summed E-state index contributed by atoms with van der Waals surface area (Å²) in [5.74, 6) is 0. The van der Waals surface area contributed by atoms with Crippen LogP contribution in [0.1, 0.15) is 36.1 Å². The largest absolute Gasteiger partial charge is 0.374 e. The molecular formula is C41H41Cl6N5O4S. The van der Waals surface area contributed by atoms with Gasteiger partial charge in [-0.1, -0.05) is 81.7 Å². The molecule has 0 amide bonds. The second kappa shape index (κ2) is 20.4. The summed E-state index contributed by atoms with van der Waals surface area (Å²) in [6, 6.07) is 29.4. The second-order valence-electron chi connectivity index (χ2n) is 13.5. The van der Waals surface area contributed by atoms with Crippen LogP contribution < -0.4 is 20.3 Å². The van der Waals surface area contributed by atoms with E-state index in [1.54, 1.807) is 18.2 Å². The molecule has 5 aromatic rings. The third-order valence-corrected chi connectivity index (χ3v) is 12.8. The number of nitrogens with zero attached hydrogens (tertiary/aromatic N) is 3. The van der Waals surface area contributed by atoms with E-state index in [-0.39, 0.29) is 35.7 Å². The molecule has 9 nitrogen and oxygen atoms in total. The number of rotatable bonds is 11. The Labute approximate surface area is 363 Å². The van der Waals surface area contributed by atoms with Gasteiger partial charge in [0.15, 0.2) is 0 Å². The zero-order chi connectivity index (χ0) is 40.5. The maximum absolute atomic E-state index is 12.5. The molecule has 0 spiro atoms. The number of nitrogens with one attached hydrogen (secondary N) is 1. The van der Waals surface area contributed by atoms with Crippen molar-refractivity contribution in [1.29, 1.82) is 0 Å². The topological polar surface area (TPSA) is 110 Å². The molecule has 3 N–H and O–H groups in total. The van der Waals surface area contributed by atoms with Crippen LogP contribution in [0.4, 0.5) is 11.4 Å². The number of sulfonamides is 1. The number of nitrogens with two attached hydrogens (primary N) is 1. The van der Waals surface area contributed by atoms with Gasteiger partial charge in [0.05, 0.1) is 37.5 Å². The minimum atomic E-state index is -3.62. The molecule has 302 valence electrons. The van der Waals surface area contributed by atoms with Crippen LogP contribution in [0.15, 0.2) is 114 Å². The number of hydrogen-bond donors (Lipinski definition) is 2. The van der Waals surface area contributed by atoms with Crippen molar-refractivity contribution in [1.82, 2.24) is 9.71 Å². The number of pyridine rings is 1. The average Bonchev–Trinajstić information content (AvgIpc) is 3.20. The van der Waals surface area contributed by atoms with E-state index in [4.69, 9.17) is 84.8 Å². The van der Waals surface area contributed by atoms with Crippen molar-refractivity contribution in [2.24, 2.45) is 5.73 Å². The van der Waals surface area contributed by atoms with Crippen LogP contribution in [-0.4, -0.2) is 65.0 Å². The molecule has 2 aliphatic heterocycles. The number of anilines is 2. The summed E-state index contributed by atoms with van der Waals surface area (Å²) < 4.78 is 39.7. The van der Waals surface area contributed by atoms with Gasteiger partial charge in [0.25, 0.3) is 0 Å². The lowest BCUT2D eigenvalue weighted by atomic mass is 10.0. The number of hydrogen-bond acceptors (Lipinski definition) is 8. The number of ether oxygens (including phenoxy) is 2. The van der Waals surface area contributed by atoms with Crippen LogP contribution in [-0.2, 0) is 19.5 Å². The normalized spacial score (nSPS) is 19.8. The third-order valence-electron chi connectivity index (χ3n) is 9.68. The molecule has 4 aromatic carbocycles. The zero-order valence-corrected chi connectivity index (χ0v) is 35.9. The highest BCUT2D eigenvalue weighted by molar-refractivity contribution is 7.89.